The zero-order valence-electron chi connectivity index (χ0n) is 22.0. The molecule has 2 aromatic heterocycles. The maximum atomic E-state index is 10.1. The zero-order chi connectivity index (χ0) is 26.5. The van der Waals surface area contributed by atoms with E-state index in [1.165, 1.54) is 0 Å². The second-order valence-corrected chi connectivity index (χ2v) is 9.64. The maximum absolute atomic E-state index is 10.1. The number of anilines is 1. The fourth-order valence-corrected chi connectivity index (χ4v) is 4.71. The van der Waals surface area contributed by atoms with Crippen molar-refractivity contribution >= 4 is 16.9 Å². The van der Waals surface area contributed by atoms with Crippen LogP contribution in [0.5, 0.6) is 17.4 Å². The van der Waals surface area contributed by atoms with Crippen molar-refractivity contribution in [2.45, 2.75) is 32.8 Å². The third kappa shape index (κ3) is 5.47. The molecule has 1 saturated heterocycles. The van der Waals surface area contributed by atoms with Gasteiger partial charge in [-0.1, -0.05) is 19.1 Å². The Morgan fingerprint density at radius 1 is 0.947 bits per heavy atom. The summed E-state index contributed by atoms with van der Waals surface area (Å²) in [6, 6.07) is 15.8. The molecule has 1 aliphatic heterocycles. The summed E-state index contributed by atoms with van der Waals surface area (Å²) in [4.78, 5) is 16.0. The molecule has 8 nitrogen and oxygen atoms in total. The number of hydrogen-bond donors (Lipinski definition) is 0. The number of ether oxygens (including phenoxy) is 3. The number of pyridine rings is 1. The van der Waals surface area contributed by atoms with Crippen LogP contribution in [0.25, 0.3) is 11.0 Å². The summed E-state index contributed by atoms with van der Waals surface area (Å²) in [5.74, 6) is 3.40. The summed E-state index contributed by atoms with van der Waals surface area (Å²) in [5.41, 5.74) is 4.78. The van der Waals surface area contributed by atoms with Gasteiger partial charge in [0.25, 0.3) is 0 Å². The fourth-order valence-electron chi connectivity index (χ4n) is 4.71. The Labute approximate surface area is 222 Å². The highest BCUT2D eigenvalue weighted by atomic mass is 16.5. The number of piperidine rings is 1. The minimum Gasteiger partial charge on any atom is -0.493 e. The van der Waals surface area contributed by atoms with E-state index in [1.807, 2.05) is 42.6 Å². The molecule has 4 aromatic rings. The molecule has 0 N–H and O–H groups in total. The highest BCUT2D eigenvalue weighted by molar-refractivity contribution is 5.83. The fraction of sp³-hybridized carbons (Fsp3) is 0.333. The molecule has 3 heterocycles. The number of hydrogen-bond acceptors (Lipinski definition) is 8. The second-order valence-electron chi connectivity index (χ2n) is 9.64. The Bertz CT molecular complexity index is 1460. The Hall–Kier alpha value is -4.38. The van der Waals surface area contributed by atoms with Crippen molar-refractivity contribution in [2.24, 2.45) is 5.92 Å². The number of methoxy groups -OCH3 is 2. The van der Waals surface area contributed by atoms with Gasteiger partial charge in [0, 0.05) is 30.9 Å². The van der Waals surface area contributed by atoms with Crippen LogP contribution in [0, 0.1) is 17.2 Å². The van der Waals surface area contributed by atoms with Crippen molar-refractivity contribution in [3.8, 4) is 23.4 Å². The molecule has 0 aliphatic carbocycles. The molecule has 2 aromatic carbocycles. The van der Waals surface area contributed by atoms with Crippen LogP contribution in [0.15, 0.2) is 54.9 Å². The molecule has 1 aliphatic rings. The van der Waals surface area contributed by atoms with E-state index in [4.69, 9.17) is 19.2 Å². The van der Waals surface area contributed by atoms with Gasteiger partial charge in [-0.05, 0) is 60.6 Å². The summed E-state index contributed by atoms with van der Waals surface area (Å²) >= 11 is 0. The predicted octanol–water partition coefficient (Wildman–Crippen LogP) is 5.32. The number of nitriles is 1. The third-order valence-corrected chi connectivity index (χ3v) is 7.03. The van der Waals surface area contributed by atoms with E-state index in [-0.39, 0.29) is 0 Å². The molecule has 0 saturated carbocycles. The van der Waals surface area contributed by atoms with Crippen molar-refractivity contribution in [3.05, 3.63) is 77.1 Å². The highest BCUT2D eigenvalue weighted by Crippen LogP contribution is 2.31. The molecule has 8 heteroatoms. The Balaban J connectivity index is 1.36. The van der Waals surface area contributed by atoms with Crippen molar-refractivity contribution in [3.63, 3.8) is 0 Å². The lowest BCUT2D eigenvalue weighted by Crippen LogP contribution is -2.33. The van der Waals surface area contributed by atoms with Gasteiger partial charge in [-0.25, -0.2) is 9.97 Å². The third-order valence-electron chi connectivity index (χ3n) is 7.03. The standard InChI is InChI=1S/C30H31N5O3/c1-20-10-12-35(13-11-20)28-18-32-25-7-6-23(24(16-31)30(25)34-28)14-21-4-8-26(27(15-21)36-2)38-19-22-5-9-29(37-3)33-17-22/h4-9,15,17-18,20H,10-14,19H2,1-3H3. The first-order valence-electron chi connectivity index (χ1n) is 12.8. The van der Waals surface area contributed by atoms with E-state index in [1.54, 1.807) is 26.5 Å². The lowest BCUT2D eigenvalue weighted by molar-refractivity contribution is 0.283. The van der Waals surface area contributed by atoms with E-state index in [9.17, 15) is 5.26 Å². The number of benzene rings is 2. The normalized spacial score (nSPS) is 13.8. The second kappa shape index (κ2) is 11.3. The van der Waals surface area contributed by atoms with Gasteiger partial charge in [0.15, 0.2) is 11.5 Å². The Morgan fingerprint density at radius 2 is 1.76 bits per heavy atom. The predicted molar refractivity (Wildman–Crippen MR) is 146 cm³/mol. The average molecular weight is 510 g/mol. The molecule has 38 heavy (non-hydrogen) atoms. The van der Waals surface area contributed by atoms with Gasteiger partial charge in [0.05, 0.1) is 31.5 Å². The van der Waals surface area contributed by atoms with Crippen molar-refractivity contribution in [1.29, 1.82) is 5.26 Å². The van der Waals surface area contributed by atoms with Crippen LogP contribution in [0.2, 0.25) is 0 Å². The molecule has 0 bridgehead atoms. The lowest BCUT2D eigenvalue weighted by atomic mass is 9.98. The summed E-state index contributed by atoms with van der Waals surface area (Å²) in [6.45, 7) is 4.57. The van der Waals surface area contributed by atoms with Gasteiger partial charge in [0.2, 0.25) is 5.88 Å². The summed E-state index contributed by atoms with van der Waals surface area (Å²) in [7, 11) is 3.21. The van der Waals surface area contributed by atoms with Crippen LogP contribution in [0.3, 0.4) is 0 Å². The Kier molecular flexibility index (Phi) is 7.55. The first-order chi connectivity index (χ1) is 18.6. The van der Waals surface area contributed by atoms with Gasteiger partial charge in [-0.3, -0.25) is 4.98 Å². The maximum Gasteiger partial charge on any atom is 0.212 e. The lowest BCUT2D eigenvalue weighted by Gasteiger charge is -2.31. The minimum atomic E-state index is 0.354. The van der Waals surface area contributed by atoms with Crippen LogP contribution < -0.4 is 19.1 Å². The minimum absolute atomic E-state index is 0.354. The quantitative estimate of drug-likeness (QED) is 0.315. The highest BCUT2D eigenvalue weighted by Gasteiger charge is 2.19. The van der Waals surface area contributed by atoms with Crippen LogP contribution >= 0.6 is 0 Å². The van der Waals surface area contributed by atoms with E-state index < -0.39 is 0 Å². The molecule has 0 spiro atoms. The van der Waals surface area contributed by atoms with Gasteiger partial charge in [-0.2, -0.15) is 5.26 Å². The molecule has 1 fully saturated rings. The van der Waals surface area contributed by atoms with Gasteiger partial charge < -0.3 is 19.1 Å². The molecular weight excluding hydrogens is 478 g/mol. The Morgan fingerprint density at radius 3 is 2.47 bits per heavy atom. The van der Waals surface area contributed by atoms with Gasteiger partial charge in [-0.15, -0.1) is 0 Å². The molecule has 0 atom stereocenters. The van der Waals surface area contributed by atoms with E-state index in [0.717, 1.165) is 59.9 Å². The first-order valence-corrected chi connectivity index (χ1v) is 12.8. The van der Waals surface area contributed by atoms with Crippen molar-refractivity contribution in [2.75, 3.05) is 32.2 Å². The summed E-state index contributed by atoms with van der Waals surface area (Å²) in [5, 5.41) is 10.1. The number of rotatable bonds is 8. The molecule has 194 valence electrons. The number of nitrogens with zero attached hydrogens (tertiary/aromatic N) is 5. The average Bonchev–Trinajstić information content (AvgIpc) is 2.96. The van der Waals surface area contributed by atoms with Crippen LogP contribution in [0.1, 0.15) is 42.0 Å². The van der Waals surface area contributed by atoms with E-state index in [0.29, 0.717) is 41.5 Å². The smallest absolute Gasteiger partial charge is 0.212 e. The monoisotopic (exact) mass is 509 g/mol. The molecule has 0 unspecified atom stereocenters. The van der Waals surface area contributed by atoms with E-state index >= 15 is 0 Å². The van der Waals surface area contributed by atoms with Gasteiger partial charge in [0.1, 0.15) is 24.0 Å². The van der Waals surface area contributed by atoms with Crippen LogP contribution in [-0.4, -0.2) is 42.3 Å². The summed E-state index contributed by atoms with van der Waals surface area (Å²) < 4.78 is 16.7. The largest absolute Gasteiger partial charge is 0.493 e. The molecule has 0 amide bonds. The van der Waals surface area contributed by atoms with Crippen molar-refractivity contribution < 1.29 is 14.2 Å². The first kappa shape index (κ1) is 25.3. The number of aromatic nitrogens is 3. The van der Waals surface area contributed by atoms with Crippen molar-refractivity contribution in [1.82, 2.24) is 15.0 Å². The molecule has 0 radical (unpaired) electrons. The number of fused-ring (bicyclic) bond motifs is 1. The van der Waals surface area contributed by atoms with E-state index in [2.05, 4.69) is 27.9 Å². The SMILES string of the molecule is COc1ccc(COc2ccc(Cc3ccc4ncc(N5CCC(C)CC5)nc4c3C#N)cc2OC)cn1. The zero-order valence-corrected chi connectivity index (χ0v) is 22.0. The molecule has 5 rings (SSSR count). The topological polar surface area (TPSA) is 93.4 Å². The van der Waals surface area contributed by atoms with Crippen LogP contribution in [0.4, 0.5) is 5.82 Å². The van der Waals surface area contributed by atoms with Crippen LogP contribution in [-0.2, 0) is 13.0 Å². The van der Waals surface area contributed by atoms with Gasteiger partial charge >= 0.3 is 0 Å². The molecular formula is C30H31N5O3. The summed E-state index contributed by atoms with van der Waals surface area (Å²) in [6.07, 6.45) is 6.39.